The van der Waals surface area contributed by atoms with Gasteiger partial charge in [0.05, 0.1) is 28.6 Å². The highest BCUT2D eigenvalue weighted by Crippen LogP contribution is 2.30. The van der Waals surface area contributed by atoms with Crippen LogP contribution in [0.2, 0.25) is 0 Å². The van der Waals surface area contributed by atoms with Crippen molar-refractivity contribution in [1.29, 1.82) is 0 Å². The van der Waals surface area contributed by atoms with Gasteiger partial charge in [0.25, 0.3) is 0 Å². The average Bonchev–Trinajstić information content (AvgIpc) is 3.19. The minimum Gasteiger partial charge on any atom is -0.462 e. The summed E-state index contributed by atoms with van der Waals surface area (Å²) in [5.41, 5.74) is 2.28. The summed E-state index contributed by atoms with van der Waals surface area (Å²) in [7, 11) is 0. The third kappa shape index (κ3) is 2.17. The van der Waals surface area contributed by atoms with Gasteiger partial charge in [0.15, 0.2) is 5.82 Å². The number of fused-ring (bicyclic) bond motifs is 2. The lowest BCUT2D eigenvalue weighted by Gasteiger charge is -2.06. The van der Waals surface area contributed by atoms with Crippen LogP contribution in [0.4, 0.5) is 0 Å². The van der Waals surface area contributed by atoms with E-state index < -0.39 is 0 Å². The van der Waals surface area contributed by atoms with Crippen LogP contribution >= 0.6 is 11.3 Å². The molecule has 0 aliphatic carbocycles. The van der Waals surface area contributed by atoms with Crippen LogP contribution in [-0.4, -0.2) is 32.1 Å². The summed E-state index contributed by atoms with van der Waals surface area (Å²) in [6.45, 7) is 2.11. The predicted octanol–water partition coefficient (Wildman–Crippen LogP) is 3.21. The van der Waals surface area contributed by atoms with Gasteiger partial charge in [-0.05, 0) is 19.1 Å². The van der Waals surface area contributed by atoms with Gasteiger partial charge in [0.2, 0.25) is 0 Å². The highest BCUT2D eigenvalue weighted by atomic mass is 32.1. The highest BCUT2D eigenvalue weighted by molar-refractivity contribution is 7.17. The number of rotatable bonds is 3. The first kappa shape index (κ1) is 13.8. The second-order valence-corrected chi connectivity index (χ2v) is 5.71. The van der Waals surface area contributed by atoms with Crippen molar-refractivity contribution in [3.63, 3.8) is 0 Å². The quantitative estimate of drug-likeness (QED) is 0.541. The Morgan fingerprint density at radius 2 is 2.13 bits per heavy atom. The number of nitrogens with zero attached hydrogens (tertiary/aromatic N) is 4. The molecular formula is C16H12N4O2S. The van der Waals surface area contributed by atoms with Crippen LogP contribution in [0.3, 0.4) is 0 Å². The number of carbonyl (C=O) groups excluding carboxylic acids is 1. The van der Waals surface area contributed by atoms with E-state index in [9.17, 15) is 4.79 Å². The lowest BCUT2D eigenvalue weighted by atomic mass is 10.2. The van der Waals surface area contributed by atoms with E-state index in [2.05, 4.69) is 15.0 Å². The van der Waals surface area contributed by atoms with Crippen LogP contribution in [-0.2, 0) is 4.74 Å². The molecule has 0 radical (unpaired) electrons. The molecule has 1 aromatic carbocycles. The molecule has 0 N–H and O–H groups in total. The molecule has 3 heterocycles. The lowest BCUT2D eigenvalue weighted by molar-refractivity contribution is 0.0529. The van der Waals surface area contributed by atoms with Gasteiger partial charge in [-0.2, -0.15) is 0 Å². The van der Waals surface area contributed by atoms with Crippen molar-refractivity contribution in [2.75, 3.05) is 6.61 Å². The number of thiophene rings is 1. The molecule has 0 saturated carbocycles. The molecule has 0 fully saturated rings. The van der Waals surface area contributed by atoms with Crippen molar-refractivity contribution in [3.8, 4) is 5.82 Å². The minimum atomic E-state index is -0.362. The summed E-state index contributed by atoms with van der Waals surface area (Å²) >= 11 is 1.40. The topological polar surface area (TPSA) is 69.9 Å². The lowest BCUT2D eigenvalue weighted by Crippen LogP contribution is -2.06. The van der Waals surface area contributed by atoms with E-state index >= 15 is 0 Å². The maximum Gasteiger partial charge on any atom is 0.339 e. The molecule has 0 aliphatic heterocycles. The van der Waals surface area contributed by atoms with Crippen molar-refractivity contribution in [2.45, 2.75) is 6.92 Å². The summed E-state index contributed by atoms with van der Waals surface area (Å²) in [6.07, 6.45) is 3.21. The van der Waals surface area contributed by atoms with Crippen LogP contribution < -0.4 is 0 Å². The molecule has 3 aromatic heterocycles. The first-order chi connectivity index (χ1) is 11.3. The largest absolute Gasteiger partial charge is 0.462 e. The molecule has 0 saturated heterocycles. The van der Waals surface area contributed by atoms with Crippen molar-refractivity contribution in [1.82, 2.24) is 19.5 Å². The SMILES string of the molecule is CCOC(=O)c1csc2ncnc(-n3cnc4ccccc43)c12. The number of hydrogen-bond donors (Lipinski definition) is 0. The smallest absolute Gasteiger partial charge is 0.339 e. The molecular weight excluding hydrogens is 312 g/mol. The Kier molecular flexibility index (Phi) is 3.27. The molecule has 0 spiro atoms. The number of aromatic nitrogens is 4. The van der Waals surface area contributed by atoms with E-state index in [1.54, 1.807) is 18.6 Å². The third-order valence-electron chi connectivity index (χ3n) is 3.53. The Bertz CT molecular complexity index is 1020. The van der Waals surface area contributed by atoms with Gasteiger partial charge in [0, 0.05) is 5.38 Å². The number of esters is 1. The second kappa shape index (κ2) is 5.44. The molecule has 23 heavy (non-hydrogen) atoms. The van der Waals surface area contributed by atoms with Crippen molar-refractivity contribution in [3.05, 3.63) is 47.9 Å². The number of imidazole rings is 1. The van der Waals surface area contributed by atoms with Crippen molar-refractivity contribution < 1.29 is 9.53 Å². The Labute approximate surface area is 135 Å². The second-order valence-electron chi connectivity index (χ2n) is 4.85. The van der Waals surface area contributed by atoms with Crippen LogP contribution in [0.5, 0.6) is 0 Å². The molecule has 0 aliphatic rings. The van der Waals surface area contributed by atoms with Gasteiger partial charge in [0.1, 0.15) is 17.5 Å². The molecule has 114 valence electrons. The number of carbonyl (C=O) groups is 1. The Morgan fingerprint density at radius 1 is 1.26 bits per heavy atom. The predicted molar refractivity (Wildman–Crippen MR) is 88.0 cm³/mol. The summed E-state index contributed by atoms with van der Waals surface area (Å²) in [6, 6.07) is 7.78. The molecule has 4 aromatic rings. The molecule has 0 amide bonds. The third-order valence-corrected chi connectivity index (χ3v) is 4.41. The van der Waals surface area contributed by atoms with Gasteiger partial charge in [-0.1, -0.05) is 12.1 Å². The molecule has 0 atom stereocenters. The standard InChI is InChI=1S/C16H12N4O2S/c1-2-22-16(21)10-7-23-15-13(10)14(17-8-18-15)20-9-19-11-5-3-4-6-12(11)20/h3-9H,2H2,1H3. The summed E-state index contributed by atoms with van der Waals surface area (Å²) < 4.78 is 7.01. The number of hydrogen-bond acceptors (Lipinski definition) is 6. The van der Waals surface area contributed by atoms with Crippen LogP contribution in [0.25, 0.3) is 27.1 Å². The van der Waals surface area contributed by atoms with Gasteiger partial charge >= 0.3 is 5.97 Å². The van der Waals surface area contributed by atoms with E-state index in [0.29, 0.717) is 23.4 Å². The maximum absolute atomic E-state index is 12.2. The van der Waals surface area contributed by atoms with E-state index in [0.717, 1.165) is 15.9 Å². The Balaban J connectivity index is 2.00. The first-order valence-electron chi connectivity index (χ1n) is 7.11. The van der Waals surface area contributed by atoms with Crippen molar-refractivity contribution in [2.24, 2.45) is 0 Å². The maximum atomic E-state index is 12.2. The van der Waals surface area contributed by atoms with E-state index in [-0.39, 0.29) is 5.97 Å². The fourth-order valence-corrected chi connectivity index (χ4v) is 3.40. The normalized spacial score (nSPS) is 11.2. The number of ether oxygens (including phenoxy) is 1. The molecule has 0 unspecified atom stereocenters. The highest BCUT2D eigenvalue weighted by Gasteiger charge is 2.20. The average molecular weight is 324 g/mol. The monoisotopic (exact) mass is 324 g/mol. The van der Waals surface area contributed by atoms with Gasteiger partial charge in [-0.15, -0.1) is 11.3 Å². The van der Waals surface area contributed by atoms with Gasteiger partial charge in [-0.3, -0.25) is 4.57 Å². The zero-order valence-corrected chi connectivity index (χ0v) is 13.1. The van der Waals surface area contributed by atoms with Crippen LogP contribution in [0, 0.1) is 0 Å². The van der Waals surface area contributed by atoms with Crippen molar-refractivity contribution >= 4 is 38.6 Å². The number of para-hydroxylation sites is 2. The first-order valence-corrected chi connectivity index (χ1v) is 7.99. The summed E-state index contributed by atoms with van der Waals surface area (Å²) in [4.78, 5) is 26.0. The van der Waals surface area contributed by atoms with Gasteiger partial charge < -0.3 is 4.74 Å². The van der Waals surface area contributed by atoms with Crippen LogP contribution in [0.15, 0.2) is 42.3 Å². The van der Waals surface area contributed by atoms with E-state index in [1.165, 1.54) is 17.7 Å². The van der Waals surface area contributed by atoms with Crippen LogP contribution in [0.1, 0.15) is 17.3 Å². The molecule has 7 heteroatoms. The van der Waals surface area contributed by atoms with E-state index in [4.69, 9.17) is 4.74 Å². The fourth-order valence-electron chi connectivity index (χ4n) is 2.53. The summed E-state index contributed by atoms with van der Waals surface area (Å²) in [5.74, 6) is 0.271. The zero-order valence-electron chi connectivity index (χ0n) is 12.3. The van der Waals surface area contributed by atoms with Gasteiger partial charge in [-0.25, -0.2) is 19.7 Å². The molecule has 4 rings (SSSR count). The Hall–Kier alpha value is -2.80. The zero-order chi connectivity index (χ0) is 15.8. The molecule has 6 nitrogen and oxygen atoms in total. The molecule has 0 bridgehead atoms. The minimum absolute atomic E-state index is 0.327. The van der Waals surface area contributed by atoms with E-state index in [1.807, 2.05) is 28.8 Å². The summed E-state index contributed by atoms with van der Waals surface area (Å²) in [5, 5.41) is 2.46. The fraction of sp³-hybridized carbons (Fsp3) is 0.125. The number of benzene rings is 1. The Morgan fingerprint density at radius 3 is 3.00 bits per heavy atom.